The number of amides is 1. The standard InChI is InChI=1S/C21H23N5O3S/c1-14(20-23-18-5-3-4-6-19(18)30-20)24-9-11-25(12-10-24)21(27)16-13-15(26(28)29)7-8-17(16)22-2/h3-8,13-14,22H,9-12H2,1-2H3. The molecular weight excluding hydrogens is 402 g/mol. The fourth-order valence-electron chi connectivity index (χ4n) is 3.75. The van der Waals surface area contributed by atoms with E-state index >= 15 is 0 Å². The Labute approximate surface area is 178 Å². The van der Waals surface area contributed by atoms with E-state index in [4.69, 9.17) is 4.98 Å². The number of para-hydroxylation sites is 1. The van der Waals surface area contributed by atoms with Crippen molar-refractivity contribution in [1.82, 2.24) is 14.8 Å². The van der Waals surface area contributed by atoms with Gasteiger partial charge >= 0.3 is 0 Å². The van der Waals surface area contributed by atoms with Gasteiger partial charge in [-0.05, 0) is 25.1 Å². The van der Waals surface area contributed by atoms with Crippen LogP contribution in [0.15, 0.2) is 42.5 Å². The fraction of sp³-hybridized carbons (Fsp3) is 0.333. The number of hydrogen-bond donors (Lipinski definition) is 1. The first kappa shape index (κ1) is 20.2. The van der Waals surface area contributed by atoms with Crippen LogP contribution in [0.1, 0.15) is 28.3 Å². The van der Waals surface area contributed by atoms with Gasteiger partial charge in [0.2, 0.25) is 0 Å². The first-order valence-electron chi connectivity index (χ1n) is 9.83. The lowest BCUT2D eigenvalue weighted by Crippen LogP contribution is -2.49. The predicted octanol–water partition coefficient (Wildman–Crippen LogP) is 3.77. The first-order chi connectivity index (χ1) is 14.5. The molecule has 1 fully saturated rings. The van der Waals surface area contributed by atoms with Gasteiger partial charge < -0.3 is 10.2 Å². The quantitative estimate of drug-likeness (QED) is 0.494. The summed E-state index contributed by atoms with van der Waals surface area (Å²) in [7, 11) is 1.70. The number of hydrogen-bond acceptors (Lipinski definition) is 7. The summed E-state index contributed by atoms with van der Waals surface area (Å²) in [6, 6.07) is 12.6. The number of anilines is 1. The molecule has 1 aromatic heterocycles. The molecule has 8 nitrogen and oxygen atoms in total. The van der Waals surface area contributed by atoms with Crippen LogP contribution in [0.5, 0.6) is 0 Å². The number of aromatic nitrogens is 1. The molecule has 1 N–H and O–H groups in total. The summed E-state index contributed by atoms with van der Waals surface area (Å²) in [6.45, 7) is 4.74. The van der Waals surface area contributed by atoms with Gasteiger partial charge in [0.1, 0.15) is 5.01 Å². The highest BCUT2D eigenvalue weighted by molar-refractivity contribution is 7.18. The summed E-state index contributed by atoms with van der Waals surface area (Å²) in [5.74, 6) is -0.185. The van der Waals surface area contributed by atoms with E-state index < -0.39 is 4.92 Å². The van der Waals surface area contributed by atoms with Gasteiger partial charge in [-0.15, -0.1) is 11.3 Å². The Morgan fingerprint density at radius 2 is 1.93 bits per heavy atom. The SMILES string of the molecule is CNc1ccc([N+](=O)[O-])cc1C(=O)N1CCN(C(C)c2nc3ccccc3s2)CC1. The third-order valence-corrected chi connectivity index (χ3v) is 6.74. The summed E-state index contributed by atoms with van der Waals surface area (Å²) >= 11 is 1.71. The normalized spacial score (nSPS) is 15.9. The van der Waals surface area contributed by atoms with Crippen molar-refractivity contribution in [1.29, 1.82) is 0 Å². The Morgan fingerprint density at radius 3 is 2.60 bits per heavy atom. The third-order valence-electron chi connectivity index (χ3n) is 5.53. The molecule has 0 radical (unpaired) electrons. The summed E-state index contributed by atoms with van der Waals surface area (Å²) in [5.41, 5.74) is 1.86. The Kier molecular flexibility index (Phi) is 5.65. The monoisotopic (exact) mass is 425 g/mol. The van der Waals surface area contributed by atoms with Crippen LogP contribution < -0.4 is 5.32 Å². The molecule has 2 heterocycles. The van der Waals surface area contributed by atoms with E-state index in [1.165, 1.54) is 16.8 Å². The number of piperazine rings is 1. The molecule has 0 saturated carbocycles. The zero-order valence-corrected chi connectivity index (χ0v) is 17.7. The zero-order chi connectivity index (χ0) is 21.3. The van der Waals surface area contributed by atoms with E-state index in [1.54, 1.807) is 29.4 Å². The number of thiazole rings is 1. The van der Waals surface area contributed by atoms with Gasteiger partial charge in [0, 0.05) is 51.0 Å². The van der Waals surface area contributed by atoms with E-state index in [0.717, 1.165) is 23.6 Å². The minimum absolute atomic E-state index is 0.0829. The number of carbonyl (C=O) groups is 1. The molecule has 3 aromatic rings. The third kappa shape index (κ3) is 3.86. The largest absolute Gasteiger partial charge is 0.387 e. The summed E-state index contributed by atoms with van der Waals surface area (Å²) in [6.07, 6.45) is 0. The molecule has 0 aliphatic carbocycles. The van der Waals surface area contributed by atoms with Crippen LogP contribution in [0.4, 0.5) is 11.4 Å². The van der Waals surface area contributed by atoms with Crippen molar-refractivity contribution in [3.63, 3.8) is 0 Å². The molecular formula is C21H23N5O3S. The maximum Gasteiger partial charge on any atom is 0.270 e. The van der Waals surface area contributed by atoms with Gasteiger partial charge in [-0.25, -0.2) is 4.98 Å². The molecule has 4 rings (SSSR count). The lowest BCUT2D eigenvalue weighted by Gasteiger charge is -2.37. The van der Waals surface area contributed by atoms with Crippen LogP contribution in [0.2, 0.25) is 0 Å². The van der Waals surface area contributed by atoms with Crippen molar-refractivity contribution < 1.29 is 9.72 Å². The second kappa shape index (κ2) is 8.37. The molecule has 0 spiro atoms. The van der Waals surface area contributed by atoms with Crippen molar-refractivity contribution >= 4 is 38.8 Å². The highest BCUT2D eigenvalue weighted by Gasteiger charge is 2.28. The number of non-ortho nitro benzene ring substituents is 1. The topological polar surface area (TPSA) is 91.6 Å². The van der Waals surface area contributed by atoms with Gasteiger partial charge in [-0.1, -0.05) is 12.1 Å². The molecule has 2 aromatic carbocycles. The van der Waals surface area contributed by atoms with Crippen LogP contribution in [-0.4, -0.2) is 58.8 Å². The van der Waals surface area contributed by atoms with Crippen LogP contribution in [0.3, 0.4) is 0 Å². The second-order valence-electron chi connectivity index (χ2n) is 7.26. The molecule has 1 aliphatic heterocycles. The first-order valence-corrected chi connectivity index (χ1v) is 10.6. The molecule has 1 saturated heterocycles. The Balaban J connectivity index is 1.46. The molecule has 1 atom stereocenters. The zero-order valence-electron chi connectivity index (χ0n) is 16.9. The van der Waals surface area contributed by atoms with Gasteiger partial charge in [0.15, 0.2) is 0 Å². The Morgan fingerprint density at radius 1 is 1.20 bits per heavy atom. The van der Waals surface area contributed by atoms with E-state index in [-0.39, 0.29) is 17.6 Å². The smallest absolute Gasteiger partial charge is 0.270 e. The number of nitro groups is 1. The molecule has 0 bridgehead atoms. The van der Waals surface area contributed by atoms with Crippen LogP contribution >= 0.6 is 11.3 Å². The van der Waals surface area contributed by atoms with Crippen molar-refractivity contribution in [2.24, 2.45) is 0 Å². The number of fused-ring (bicyclic) bond motifs is 1. The van der Waals surface area contributed by atoms with E-state index in [1.807, 2.05) is 18.2 Å². The summed E-state index contributed by atoms with van der Waals surface area (Å²) in [5, 5.41) is 15.1. The molecule has 156 valence electrons. The summed E-state index contributed by atoms with van der Waals surface area (Å²) in [4.78, 5) is 32.5. The van der Waals surface area contributed by atoms with E-state index in [9.17, 15) is 14.9 Å². The second-order valence-corrected chi connectivity index (χ2v) is 8.32. The number of nitro benzene ring substituents is 1. The highest BCUT2D eigenvalue weighted by atomic mass is 32.1. The van der Waals surface area contributed by atoms with Gasteiger partial charge in [0.25, 0.3) is 11.6 Å². The molecule has 30 heavy (non-hydrogen) atoms. The van der Waals surface area contributed by atoms with Crippen LogP contribution in [0.25, 0.3) is 10.2 Å². The maximum atomic E-state index is 13.1. The predicted molar refractivity (Wildman–Crippen MR) is 118 cm³/mol. The average molecular weight is 426 g/mol. The van der Waals surface area contributed by atoms with Crippen LogP contribution in [0, 0.1) is 10.1 Å². The van der Waals surface area contributed by atoms with E-state index in [0.29, 0.717) is 24.3 Å². The lowest BCUT2D eigenvalue weighted by atomic mass is 10.1. The van der Waals surface area contributed by atoms with Gasteiger partial charge in [0.05, 0.1) is 26.7 Å². The van der Waals surface area contributed by atoms with E-state index in [2.05, 4.69) is 23.2 Å². The summed E-state index contributed by atoms with van der Waals surface area (Å²) < 4.78 is 1.18. The minimum atomic E-state index is -0.478. The Hall–Kier alpha value is -3.04. The molecule has 1 amide bonds. The van der Waals surface area contributed by atoms with Crippen molar-refractivity contribution in [2.45, 2.75) is 13.0 Å². The maximum absolute atomic E-state index is 13.1. The number of rotatable bonds is 5. The molecule has 9 heteroatoms. The number of carbonyl (C=O) groups excluding carboxylic acids is 1. The van der Waals surface area contributed by atoms with Crippen molar-refractivity contribution in [3.05, 3.63) is 63.1 Å². The highest BCUT2D eigenvalue weighted by Crippen LogP contribution is 2.30. The van der Waals surface area contributed by atoms with Crippen molar-refractivity contribution in [2.75, 3.05) is 38.5 Å². The number of nitrogens with zero attached hydrogens (tertiary/aromatic N) is 4. The van der Waals surface area contributed by atoms with Crippen LogP contribution in [-0.2, 0) is 0 Å². The number of nitrogens with one attached hydrogen (secondary N) is 1. The molecule has 1 unspecified atom stereocenters. The lowest BCUT2D eigenvalue weighted by molar-refractivity contribution is -0.384. The van der Waals surface area contributed by atoms with Crippen molar-refractivity contribution in [3.8, 4) is 0 Å². The average Bonchev–Trinajstić information content (AvgIpc) is 3.22. The minimum Gasteiger partial charge on any atom is -0.387 e. The molecule has 1 aliphatic rings. The number of benzene rings is 2. The Bertz CT molecular complexity index is 1060. The van der Waals surface area contributed by atoms with Gasteiger partial charge in [-0.2, -0.15) is 0 Å². The van der Waals surface area contributed by atoms with Gasteiger partial charge in [-0.3, -0.25) is 19.8 Å². The fourth-order valence-corrected chi connectivity index (χ4v) is 4.80.